The molecule has 16 nitrogen and oxygen atoms in total. The molecule has 6 saturated carbocycles. The molecule has 6 bridgehead atoms. The highest BCUT2D eigenvalue weighted by Gasteiger charge is 2.72. The van der Waals surface area contributed by atoms with Crippen LogP contribution < -0.4 is 0 Å². The van der Waals surface area contributed by atoms with Gasteiger partial charge in [0, 0.05) is 37.7 Å². The van der Waals surface area contributed by atoms with Gasteiger partial charge in [0.2, 0.25) is 0 Å². The maximum absolute atomic E-state index is 15.2. The SMILES string of the molecule is C=C(OC(C)(C)CCC(C)(C)OC(=O)C(C)CCC1C2CC(CC2C(=O)OCCO[Si]2(C)C[SiH](C)C[SiH](C)C[SiH](C)C2)C1C1C(=O)OC(=O)C1C1C2CC(CC2C(=O)OC(C)(C)C)C1C1C(C)C2CC1C(C(=O)OCC(CC)(CC)CO)C2C(=O)O)C(C)CC. The summed E-state index contributed by atoms with van der Waals surface area (Å²) in [7, 11) is -4.32. The van der Waals surface area contributed by atoms with E-state index in [1.54, 1.807) is 0 Å². The van der Waals surface area contributed by atoms with E-state index in [0.29, 0.717) is 77.2 Å². The van der Waals surface area contributed by atoms with Gasteiger partial charge in [-0.2, -0.15) is 0 Å². The normalized spacial score (nSPS) is 38.1. The summed E-state index contributed by atoms with van der Waals surface area (Å²) in [6.07, 6.45) is 6.81. The number of aliphatic carboxylic acids is 1. The minimum atomic E-state index is -1.95. The number of cyclic esters (lactones) is 2. The number of carbonyl (C=O) groups excluding carboxylic acids is 6. The van der Waals surface area contributed by atoms with Crippen LogP contribution >= 0.6 is 0 Å². The highest BCUT2D eigenvalue weighted by molar-refractivity contribution is 6.98. The number of hydrogen-bond acceptors (Lipinski definition) is 15. The van der Waals surface area contributed by atoms with E-state index < -0.39 is 140 Å². The van der Waals surface area contributed by atoms with E-state index in [1.165, 1.54) is 22.7 Å². The molecule has 0 spiro atoms. The molecule has 6 aliphatic carbocycles. The van der Waals surface area contributed by atoms with E-state index in [-0.39, 0.29) is 96.9 Å². The van der Waals surface area contributed by atoms with E-state index >= 15 is 9.59 Å². The van der Waals surface area contributed by atoms with Crippen molar-refractivity contribution in [1.82, 2.24) is 0 Å². The van der Waals surface area contributed by atoms with Crippen LogP contribution in [0.2, 0.25) is 48.9 Å². The molecule has 0 aromatic heterocycles. The second-order valence-electron chi connectivity index (χ2n) is 33.5. The van der Waals surface area contributed by atoms with Crippen LogP contribution in [0.3, 0.4) is 0 Å². The van der Waals surface area contributed by atoms with Gasteiger partial charge in [-0.1, -0.05) is 79.1 Å². The zero-order chi connectivity index (χ0) is 66.5. The number of carbonyl (C=O) groups is 7. The molecule has 20 heteroatoms. The summed E-state index contributed by atoms with van der Waals surface area (Å²) in [5, 5.41) is 21.3. The largest absolute Gasteiger partial charge is 0.493 e. The Bertz CT molecular complexity index is 2590. The predicted molar refractivity (Wildman–Crippen MR) is 356 cm³/mol. The molecule has 8 fully saturated rings. The lowest BCUT2D eigenvalue weighted by Gasteiger charge is -2.48. The zero-order valence-electron chi connectivity index (χ0n) is 58.2. The van der Waals surface area contributed by atoms with Gasteiger partial charge in [0.25, 0.3) is 0 Å². The van der Waals surface area contributed by atoms with Crippen LogP contribution in [0, 0.1) is 124 Å². The highest BCUT2D eigenvalue weighted by atomic mass is 28.4. The molecule has 2 aliphatic heterocycles. The van der Waals surface area contributed by atoms with Gasteiger partial charge in [-0.15, -0.1) is 0 Å². The van der Waals surface area contributed by atoms with Crippen LogP contribution in [0.5, 0.6) is 0 Å². The Morgan fingerprint density at radius 1 is 0.667 bits per heavy atom. The number of fused-ring (bicyclic) bond motifs is 6. The Morgan fingerprint density at radius 2 is 1.23 bits per heavy atom. The van der Waals surface area contributed by atoms with Gasteiger partial charge in [-0.05, 0) is 214 Å². The monoisotopic (exact) mass is 1330 g/mol. The Kier molecular flexibility index (Phi) is 23.1. The molecule has 0 aromatic rings. The molecular weight excluding hydrogens is 1210 g/mol. The summed E-state index contributed by atoms with van der Waals surface area (Å²) in [5.41, 5.74) is 2.75. The summed E-state index contributed by atoms with van der Waals surface area (Å²) in [4.78, 5) is 102. The number of hydrogen-bond donors (Lipinski definition) is 2. The van der Waals surface area contributed by atoms with Crippen LogP contribution in [-0.4, -0.2) is 130 Å². The van der Waals surface area contributed by atoms with Crippen LogP contribution in [0.25, 0.3) is 0 Å². The fraction of sp³-hybridized carbons (Fsp3) is 0.871. The van der Waals surface area contributed by atoms with Crippen molar-refractivity contribution in [2.75, 3.05) is 26.4 Å². The Morgan fingerprint density at radius 3 is 1.80 bits per heavy atom. The third-order valence-electron chi connectivity index (χ3n) is 24.9. The molecule has 2 N–H and O–H groups in total. The number of aliphatic hydroxyl groups excluding tert-OH is 1. The van der Waals surface area contributed by atoms with Crippen LogP contribution in [0.15, 0.2) is 12.3 Å². The van der Waals surface area contributed by atoms with E-state index in [2.05, 4.69) is 53.5 Å². The van der Waals surface area contributed by atoms with Crippen molar-refractivity contribution in [2.24, 2.45) is 124 Å². The maximum atomic E-state index is 15.2. The zero-order valence-corrected chi connectivity index (χ0v) is 62.7. The van der Waals surface area contributed by atoms with Gasteiger partial charge in [0.1, 0.15) is 23.4 Å². The Balaban J connectivity index is 1.09. The number of ether oxygens (including phenoxy) is 6. The van der Waals surface area contributed by atoms with Gasteiger partial charge < -0.3 is 43.1 Å². The number of carboxylic acids is 1. The van der Waals surface area contributed by atoms with Crippen LogP contribution in [0.4, 0.5) is 0 Å². The molecule has 510 valence electrons. The number of allylic oxidation sites excluding steroid dienone is 1. The number of carboxylic acid groups (broad SMARTS) is 1. The van der Waals surface area contributed by atoms with Crippen molar-refractivity contribution >= 4 is 76.5 Å². The number of aliphatic hydroxyl groups is 1. The second kappa shape index (κ2) is 28.6. The average Bonchev–Trinajstić information content (AvgIpc) is 1.53. The number of esters is 6. The fourth-order valence-corrected chi connectivity index (χ4v) is 53.8. The molecule has 2 saturated heterocycles. The third kappa shape index (κ3) is 15.7. The topological polar surface area (TPSA) is 225 Å². The minimum Gasteiger partial charge on any atom is -0.493 e. The second-order valence-corrected chi connectivity index (χ2v) is 50.4. The molecule has 90 heavy (non-hydrogen) atoms. The summed E-state index contributed by atoms with van der Waals surface area (Å²) < 4.78 is 43.9. The molecular formula is C70H118O16Si4. The fourth-order valence-electron chi connectivity index (χ4n) is 20.5. The lowest BCUT2D eigenvalue weighted by molar-refractivity contribution is -0.170. The lowest BCUT2D eigenvalue weighted by atomic mass is 9.54. The molecule has 22 atom stereocenters. The van der Waals surface area contributed by atoms with Crippen molar-refractivity contribution in [3.05, 3.63) is 12.3 Å². The predicted octanol–water partition coefficient (Wildman–Crippen LogP) is 11.7. The molecule has 8 rings (SSSR count). The van der Waals surface area contributed by atoms with E-state index in [9.17, 15) is 34.2 Å². The van der Waals surface area contributed by atoms with Gasteiger partial charge in [0.05, 0.1) is 67.0 Å². The highest BCUT2D eigenvalue weighted by Crippen LogP contribution is 2.71. The van der Waals surface area contributed by atoms with E-state index in [0.717, 1.165) is 12.2 Å². The Labute approximate surface area is 545 Å². The number of rotatable bonds is 28. The molecule has 0 amide bonds. The quantitative estimate of drug-likeness (QED) is 0.0185. The first-order valence-electron chi connectivity index (χ1n) is 35.4. The van der Waals surface area contributed by atoms with Gasteiger partial charge in [-0.25, -0.2) is 0 Å². The minimum absolute atomic E-state index is 0.0377. The Hall–Kier alpha value is -3.18. The average molecular weight is 1330 g/mol. The molecule has 2 heterocycles. The maximum Gasteiger partial charge on any atom is 0.317 e. The molecule has 0 aromatic carbocycles. The summed E-state index contributed by atoms with van der Waals surface area (Å²) >= 11 is 0. The van der Waals surface area contributed by atoms with Gasteiger partial charge >= 0.3 is 41.8 Å². The van der Waals surface area contributed by atoms with E-state index in [1.807, 2.05) is 69.2 Å². The van der Waals surface area contributed by atoms with Crippen LogP contribution in [-0.2, 0) is 66.4 Å². The smallest absolute Gasteiger partial charge is 0.317 e. The summed E-state index contributed by atoms with van der Waals surface area (Å²) in [6, 6.07) is 0. The van der Waals surface area contributed by atoms with E-state index in [4.69, 9.17) is 32.8 Å². The van der Waals surface area contributed by atoms with Gasteiger partial charge in [-0.3, -0.25) is 33.6 Å². The van der Waals surface area contributed by atoms with Crippen molar-refractivity contribution in [3.63, 3.8) is 0 Å². The molecule has 22 unspecified atom stereocenters. The van der Waals surface area contributed by atoms with Crippen molar-refractivity contribution < 1.29 is 76.6 Å². The lowest BCUT2D eigenvalue weighted by Crippen LogP contribution is -2.51. The van der Waals surface area contributed by atoms with Crippen molar-refractivity contribution in [3.8, 4) is 0 Å². The third-order valence-corrected chi connectivity index (χ3v) is 51.2. The van der Waals surface area contributed by atoms with Crippen LogP contribution in [0.1, 0.15) is 167 Å². The molecule has 8 aliphatic rings. The van der Waals surface area contributed by atoms with Crippen molar-refractivity contribution in [1.29, 1.82) is 0 Å². The van der Waals surface area contributed by atoms with Gasteiger partial charge in [0.15, 0.2) is 8.32 Å². The summed E-state index contributed by atoms with van der Waals surface area (Å²) in [5.74, 6) is -11.6. The first kappa shape index (κ1) is 72.6. The standard InChI is InChI=1S/C70H118O16Si4/c1-19-39(4)42(7)84-68(11,12)24-25-69(13,14)86-61(74)40(5)22-23-45-47-28-43(30-49(47)62(75)80-26-27-82-90(18)37-88(16)35-87(15)36-89(17)38-90)53(45)58-59(66(79)83-65(58)78)55-48-29-44(31-50(48)63(76)85-67(8,9)10)54(55)52-41(6)46-32-51(52)57(56(46)60(72)73)64(77)81-34-70(20-2,21-3)33-71/h39-41,43-59,71,87-89H,7,19-38H2,1-6,8-18H3,(H,72,73). The molecule has 0 radical (unpaired) electrons. The summed E-state index contributed by atoms with van der Waals surface area (Å²) in [6.45, 7) is 40.0. The first-order chi connectivity index (χ1) is 42.0. The first-order valence-corrected chi connectivity index (χ1v) is 46.6. The van der Waals surface area contributed by atoms with Crippen molar-refractivity contribution in [2.45, 2.75) is 233 Å².